The van der Waals surface area contributed by atoms with Gasteiger partial charge in [0, 0.05) is 55.8 Å². The number of aryl methyl sites for hydroxylation is 1. The zero-order valence-corrected chi connectivity index (χ0v) is 20.6. The number of hydrogen-bond acceptors (Lipinski definition) is 6. The Morgan fingerprint density at radius 2 is 1.83 bits per heavy atom. The van der Waals surface area contributed by atoms with Crippen molar-refractivity contribution in [1.29, 1.82) is 0 Å². The van der Waals surface area contributed by atoms with Crippen molar-refractivity contribution < 1.29 is 9.59 Å². The summed E-state index contributed by atoms with van der Waals surface area (Å²) in [5.41, 5.74) is 5.05. The van der Waals surface area contributed by atoms with Crippen LogP contribution in [0.4, 0.5) is 17.2 Å². The summed E-state index contributed by atoms with van der Waals surface area (Å²) in [5.74, 6) is 1.57. The van der Waals surface area contributed by atoms with Gasteiger partial charge in [0.1, 0.15) is 17.8 Å². The molecule has 0 aliphatic carbocycles. The summed E-state index contributed by atoms with van der Waals surface area (Å²) in [6.45, 7) is 7.84. The molecule has 1 N–H and O–H groups in total. The van der Waals surface area contributed by atoms with Crippen LogP contribution in [0.15, 0.2) is 47.7 Å². The minimum atomic E-state index is -0.199. The SMILES string of the molecule is C=C(C)C(=O)Nc1ccc(-c2c3c4c(ncnc4n2C)N=C2C[C@H](C(=O)N4CCCC4)CCN23)cc1. The van der Waals surface area contributed by atoms with E-state index >= 15 is 0 Å². The van der Waals surface area contributed by atoms with Gasteiger partial charge >= 0.3 is 0 Å². The number of carbonyl (C=O) groups excluding carboxylic acids is 2. The van der Waals surface area contributed by atoms with Crippen LogP contribution in [-0.2, 0) is 16.6 Å². The lowest BCUT2D eigenvalue weighted by molar-refractivity contribution is -0.134. The molecular formula is C27H29N7O2. The van der Waals surface area contributed by atoms with E-state index in [-0.39, 0.29) is 17.7 Å². The van der Waals surface area contributed by atoms with Crippen molar-refractivity contribution in [3.05, 3.63) is 42.7 Å². The fourth-order valence-corrected chi connectivity index (χ4v) is 5.57. The number of amidine groups is 1. The molecule has 0 bridgehead atoms. The Morgan fingerprint density at radius 1 is 1.08 bits per heavy atom. The van der Waals surface area contributed by atoms with E-state index in [0.29, 0.717) is 23.5 Å². The molecule has 2 aromatic heterocycles. The second-order valence-corrected chi connectivity index (χ2v) is 9.87. The van der Waals surface area contributed by atoms with Gasteiger partial charge in [-0.05, 0) is 38.3 Å². The van der Waals surface area contributed by atoms with E-state index in [1.807, 2.05) is 36.2 Å². The predicted molar refractivity (Wildman–Crippen MR) is 140 cm³/mol. The lowest BCUT2D eigenvalue weighted by Crippen LogP contribution is -2.45. The van der Waals surface area contributed by atoms with E-state index < -0.39 is 0 Å². The van der Waals surface area contributed by atoms with Crippen LogP contribution in [0.5, 0.6) is 0 Å². The largest absolute Gasteiger partial charge is 0.342 e. The van der Waals surface area contributed by atoms with E-state index in [0.717, 1.165) is 72.7 Å². The van der Waals surface area contributed by atoms with Gasteiger partial charge in [0.25, 0.3) is 5.91 Å². The van der Waals surface area contributed by atoms with E-state index in [1.54, 1.807) is 13.3 Å². The standard InChI is InChI=1S/C27H29N7O2/c1-16(2)26(35)30-19-8-6-17(7-9-19)22-23-21-24(28-15-29-25(21)32(22)3)31-20-14-18(10-13-34(20)23)27(36)33-11-4-5-12-33/h6-9,15,18H,1,4-5,10-14H2,2-3H3,(H,30,35)/t18-/m1/s1. The maximum Gasteiger partial charge on any atom is 0.250 e. The number of aliphatic imine (C=N–C) groups is 1. The summed E-state index contributed by atoms with van der Waals surface area (Å²) in [6, 6.07) is 7.79. The van der Waals surface area contributed by atoms with Crippen molar-refractivity contribution in [2.24, 2.45) is 18.0 Å². The second kappa shape index (κ2) is 8.58. The normalized spacial score (nSPS) is 18.7. The molecule has 3 aromatic rings. The molecule has 1 atom stereocenters. The number of benzene rings is 1. The highest BCUT2D eigenvalue weighted by Crippen LogP contribution is 2.47. The molecule has 2 fully saturated rings. The minimum Gasteiger partial charge on any atom is -0.342 e. The molecule has 6 rings (SSSR count). The van der Waals surface area contributed by atoms with Crippen molar-refractivity contribution in [2.75, 3.05) is 29.9 Å². The molecule has 3 aliphatic rings. The van der Waals surface area contributed by atoms with Crippen LogP contribution < -0.4 is 10.2 Å². The Bertz CT molecular complexity index is 1430. The summed E-state index contributed by atoms with van der Waals surface area (Å²) < 4.78 is 2.08. The number of likely N-dealkylation sites (tertiary alicyclic amines) is 1. The predicted octanol–water partition coefficient (Wildman–Crippen LogP) is 4.03. The number of fused-ring (bicyclic) bond motifs is 2. The summed E-state index contributed by atoms with van der Waals surface area (Å²) in [5, 5.41) is 3.79. The van der Waals surface area contributed by atoms with Gasteiger partial charge in [-0.15, -0.1) is 0 Å². The molecule has 3 aliphatic heterocycles. The smallest absolute Gasteiger partial charge is 0.250 e. The molecule has 0 unspecified atom stereocenters. The number of aromatic nitrogens is 3. The molecular weight excluding hydrogens is 454 g/mol. The zero-order valence-electron chi connectivity index (χ0n) is 20.6. The Balaban J connectivity index is 1.37. The topological polar surface area (TPSA) is 95.7 Å². The van der Waals surface area contributed by atoms with Crippen molar-refractivity contribution in [3.8, 4) is 11.3 Å². The number of nitrogens with one attached hydrogen (secondary N) is 1. The fourth-order valence-electron chi connectivity index (χ4n) is 5.57. The molecule has 2 amide bonds. The van der Waals surface area contributed by atoms with Gasteiger partial charge in [0.05, 0.1) is 16.8 Å². The maximum atomic E-state index is 13.1. The minimum absolute atomic E-state index is 0.0413. The molecule has 184 valence electrons. The number of amides is 2. The first-order chi connectivity index (χ1) is 17.4. The summed E-state index contributed by atoms with van der Waals surface area (Å²) in [4.78, 5) is 43.4. The van der Waals surface area contributed by atoms with Crippen LogP contribution in [0.1, 0.15) is 32.6 Å². The van der Waals surface area contributed by atoms with E-state index in [1.165, 1.54) is 0 Å². The molecule has 2 saturated heterocycles. The third-order valence-corrected chi connectivity index (χ3v) is 7.44. The molecule has 0 radical (unpaired) electrons. The number of carbonyl (C=O) groups is 2. The lowest BCUT2D eigenvalue weighted by atomic mass is 9.92. The molecule has 9 nitrogen and oxygen atoms in total. The molecule has 36 heavy (non-hydrogen) atoms. The number of piperidine rings is 1. The Labute approximate surface area is 209 Å². The number of anilines is 2. The van der Waals surface area contributed by atoms with Gasteiger partial charge in [0.2, 0.25) is 5.91 Å². The van der Waals surface area contributed by atoms with Crippen molar-refractivity contribution >= 4 is 45.9 Å². The monoisotopic (exact) mass is 483 g/mol. The first-order valence-corrected chi connectivity index (χ1v) is 12.5. The molecule has 1 aromatic carbocycles. The van der Waals surface area contributed by atoms with Gasteiger partial charge in [-0.25, -0.2) is 15.0 Å². The highest BCUT2D eigenvalue weighted by atomic mass is 16.2. The third-order valence-electron chi connectivity index (χ3n) is 7.44. The maximum absolute atomic E-state index is 13.1. The Kier molecular flexibility index (Phi) is 5.35. The molecule has 0 spiro atoms. The van der Waals surface area contributed by atoms with E-state index in [4.69, 9.17) is 4.99 Å². The lowest BCUT2D eigenvalue weighted by Gasteiger charge is -2.37. The van der Waals surface area contributed by atoms with E-state index in [2.05, 4.69) is 31.3 Å². The number of rotatable bonds is 4. The third kappa shape index (κ3) is 3.57. The molecule has 5 heterocycles. The number of nitrogens with zero attached hydrogens (tertiary/aromatic N) is 6. The highest BCUT2D eigenvalue weighted by Gasteiger charge is 2.38. The van der Waals surface area contributed by atoms with Crippen LogP contribution >= 0.6 is 0 Å². The Hall–Kier alpha value is -4.01. The van der Waals surface area contributed by atoms with Gasteiger partial charge in [-0.3, -0.25) is 9.59 Å². The Morgan fingerprint density at radius 3 is 2.56 bits per heavy atom. The highest BCUT2D eigenvalue weighted by molar-refractivity contribution is 6.18. The van der Waals surface area contributed by atoms with Crippen LogP contribution in [0.25, 0.3) is 22.3 Å². The summed E-state index contributed by atoms with van der Waals surface area (Å²) in [7, 11) is 2.00. The average Bonchev–Trinajstić information content (AvgIpc) is 3.52. The van der Waals surface area contributed by atoms with Gasteiger partial charge in [-0.1, -0.05) is 18.7 Å². The zero-order chi connectivity index (χ0) is 25.0. The fraction of sp³-hybridized carbons (Fsp3) is 0.370. The van der Waals surface area contributed by atoms with Crippen LogP contribution in [-0.4, -0.2) is 56.7 Å². The van der Waals surface area contributed by atoms with Gasteiger partial charge in [0.15, 0.2) is 5.82 Å². The first kappa shape index (κ1) is 22.5. The quantitative estimate of drug-likeness (QED) is 0.565. The van der Waals surface area contributed by atoms with Crippen molar-refractivity contribution in [2.45, 2.75) is 32.6 Å². The first-order valence-electron chi connectivity index (χ1n) is 12.5. The van der Waals surface area contributed by atoms with Crippen LogP contribution in [0, 0.1) is 5.92 Å². The van der Waals surface area contributed by atoms with Crippen molar-refractivity contribution in [1.82, 2.24) is 19.4 Å². The summed E-state index contributed by atoms with van der Waals surface area (Å²) >= 11 is 0. The van der Waals surface area contributed by atoms with Gasteiger partial charge in [-0.2, -0.15) is 0 Å². The average molecular weight is 484 g/mol. The molecule has 0 saturated carbocycles. The summed E-state index contributed by atoms with van der Waals surface area (Å²) in [6.07, 6.45) is 5.14. The van der Waals surface area contributed by atoms with Crippen LogP contribution in [0.3, 0.4) is 0 Å². The number of hydrogen-bond donors (Lipinski definition) is 1. The van der Waals surface area contributed by atoms with E-state index in [9.17, 15) is 9.59 Å². The van der Waals surface area contributed by atoms with Crippen LogP contribution in [0.2, 0.25) is 0 Å². The van der Waals surface area contributed by atoms with Crippen molar-refractivity contribution in [3.63, 3.8) is 0 Å². The van der Waals surface area contributed by atoms with Gasteiger partial charge < -0.3 is 19.7 Å². The molecule has 9 heteroatoms. The second-order valence-electron chi connectivity index (χ2n) is 9.87.